The zero-order valence-electron chi connectivity index (χ0n) is 12.6. The van der Waals surface area contributed by atoms with Crippen molar-refractivity contribution in [3.8, 4) is 11.6 Å². The van der Waals surface area contributed by atoms with Crippen LogP contribution in [-0.2, 0) is 0 Å². The zero-order chi connectivity index (χ0) is 16.2. The van der Waals surface area contributed by atoms with E-state index in [-0.39, 0.29) is 5.91 Å². The van der Waals surface area contributed by atoms with Gasteiger partial charge < -0.3 is 9.64 Å². The topological polar surface area (TPSA) is 86.0 Å². The van der Waals surface area contributed by atoms with E-state index in [2.05, 4.69) is 20.5 Å². The fraction of sp³-hybridized carbons (Fsp3) is 0.133. The smallest absolute Gasteiger partial charge is 0.260 e. The number of carbonyl (C=O) groups excluding carboxylic acids is 1. The van der Waals surface area contributed by atoms with Crippen LogP contribution < -0.4 is 9.64 Å². The number of amides is 1. The van der Waals surface area contributed by atoms with Crippen LogP contribution in [0.15, 0.2) is 48.9 Å². The van der Waals surface area contributed by atoms with Gasteiger partial charge in [-0.25, -0.2) is 4.98 Å². The van der Waals surface area contributed by atoms with Crippen LogP contribution in [0, 0.1) is 0 Å². The molecule has 1 amide bonds. The summed E-state index contributed by atoms with van der Waals surface area (Å²) in [6.07, 6.45) is 3.03. The van der Waals surface area contributed by atoms with Crippen molar-refractivity contribution < 1.29 is 9.53 Å². The maximum Gasteiger partial charge on any atom is 0.260 e. The number of hydrogen-bond donors (Lipinski definition) is 0. The SMILES string of the molecule is COc1ccc(N(C)C(=O)c2ccccc2-n2cnnn2)cn1. The third-order valence-corrected chi connectivity index (χ3v) is 3.35. The number of carbonyl (C=O) groups is 1. The van der Waals surface area contributed by atoms with Crippen molar-refractivity contribution in [2.45, 2.75) is 0 Å². The molecule has 0 bridgehead atoms. The van der Waals surface area contributed by atoms with E-state index < -0.39 is 0 Å². The molecule has 0 unspecified atom stereocenters. The van der Waals surface area contributed by atoms with E-state index in [1.165, 1.54) is 15.9 Å². The molecule has 0 aliphatic heterocycles. The highest BCUT2D eigenvalue weighted by molar-refractivity contribution is 6.08. The molecule has 1 aromatic carbocycles. The van der Waals surface area contributed by atoms with Crippen molar-refractivity contribution in [2.75, 3.05) is 19.1 Å². The molecule has 3 rings (SSSR count). The predicted octanol–water partition coefficient (Wildman–Crippen LogP) is 1.34. The van der Waals surface area contributed by atoms with Crippen LogP contribution in [0.2, 0.25) is 0 Å². The molecule has 0 aliphatic rings. The number of nitrogens with zero attached hydrogens (tertiary/aromatic N) is 6. The van der Waals surface area contributed by atoms with Gasteiger partial charge in [0.25, 0.3) is 5.91 Å². The van der Waals surface area contributed by atoms with Crippen molar-refractivity contribution in [1.29, 1.82) is 0 Å². The van der Waals surface area contributed by atoms with E-state index in [4.69, 9.17) is 4.74 Å². The summed E-state index contributed by atoms with van der Waals surface area (Å²) >= 11 is 0. The number of pyridine rings is 1. The van der Waals surface area contributed by atoms with Gasteiger partial charge in [-0.15, -0.1) is 5.10 Å². The molecule has 0 radical (unpaired) electrons. The molecule has 0 spiro atoms. The zero-order valence-corrected chi connectivity index (χ0v) is 12.6. The quantitative estimate of drug-likeness (QED) is 0.723. The first kappa shape index (κ1) is 14.6. The standard InChI is InChI=1S/C15H14N6O2/c1-20(11-7-8-14(23-2)16-9-11)15(22)12-5-3-4-6-13(12)21-10-17-18-19-21/h3-10H,1-2H3. The third-order valence-electron chi connectivity index (χ3n) is 3.35. The minimum absolute atomic E-state index is 0.192. The predicted molar refractivity (Wildman–Crippen MR) is 82.7 cm³/mol. The Bertz CT molecular complexity index is 801. The maximum absolute atomic E-state index is 12.8. The van der Waals surface area contributed by atoms with Gasteiger partial charge in [0.05, 0.1) is 30.2 Å². The number of para-hydroxylation sites is 1. The Morgan fingerprint density at radius 2 is 2.04 bits per heavy atom. The monoisotopic (exact) mass is 310 g/mol. The van der Waals surface area contributed by atoms with Gasteiger partial charge in [-0.05, 0) is 28.6 Å². The first-order valence-electron chi connectivity index (χ1n) is 6.81. The van der Waals surface area contributed by atoms with E-state index in [0.717, 1.165) is 0 Å². The van der Waals surface area contributed by atoms with Crippen molar-refractivity contribution in [3.05, 3.63) is 54.5 Å². The summed E-state index contributed by atoms with van der Waals surface area (Å²) in [6.45, 7) is 0. The molecule has 8 nitrogen and oxygen atoms in total. The normalized spacial score (nSPS) is 10.3. The molecule has 0 aliphatic carbocycles. The lowest BCUT2D eigenvalue weighted by molar-refractivity contribution is 0.0992. The molecule has 0 saturated heterocycles. The average Bonchev–Trinajstić information content (AvgIpc) is 3.15. The Morgan fingerprint density at radius 3 is 2.70 bits per heavy atom. The summed E-state index contributed by atoms with van der Waals surface area (Å²) in [5, 5.41) is 11.0. The largest absolute Gasteiger partial charge is 0.481 e. The number of anilines is 1. The van der Waals surface area contributed by atoms with E-state index in [1.54, 1.807) is 50.7 Å². The molecule has 23 heavy (non-hydrogen) atoms. The second kappa shape index (κ2) is 6.22. The van der Waals surface area contributed by atoms with Crippen LogP contribution in [0.5, 0.6) is 5.88 Å². The lowest BCUT2D eigenvalue weighted by Gasteiger charge is -2.18. The van der Waals surface area contributed by atoms with Crippen molar-refractivity contribution in [2.24, 2.45) is 0 Å². The number of tetrazole rings is 1. The molecule has 2 aromatic heterocycles. The molecule has 0 saturated carbocycles. The molecular formula is C15H14N6O2. The number of rotatable bonds is 4. The van der Waals surface area contributed by atoms with E-state index in [9.17, 15) is 4.79 Å². The fourth-order valence-electron chi connectivity index (χ4n) is 2.12. The first-order valence-corrected chi connectivity index (χ1v) is 6.81. The summed E-state index contributed by atoms with van der Waals surface area (Å²) in [7, 11) is 3.22. The Kier molecular flexibility index (Phi) is 3.96. The summed E-state index contributed by atoms with van der Waals surface area (Å²) in [5.41, 5.74) is 1.75. The van der Waals surface area contributed by atoms with Crippen molar-refractivity contribution in [3.63, 3.8) is 0 Å². The minimum atomic E-state index is -0.192. The van der Waals surface area contributed by atoms with Crippen LogP contribution in [0.3, 0.4) is 0 Å². The van der Waals surface area contributed by atoms with Crippen LogP contribution in [0.4, 0.5) is 5.69 Å². The van der Waals surface area contributed by atoms with E-state index in [0.29, 0.717) is 22.8 Å². The number of benzene rings is 1. The van der Waals surface area contributed by atoms with Crippen molar-refractivity contribution >= 4 is 11.6 Å². The van der Waals surface area contributed by atoms with Gasteiger partial charge in [-0.2, -0.15) is 4.68 Å². The molecular weight excluding hydrogens is 296 g/mol. The van der Waals surface area contributed by atoms with Gasteiger partial charge in [0.2, 0.25) is 5.88 Å². The highest BCUT2D eigenvalue weighted by atomic mass is 16.5. The lowest BCUT2D eigenvalue weighted by Crippen LogP contribution is -2.27. The van der Waals surface area contributed by atoms with Gasteiger partial charge in [-0.3, -0.25) is 4.79 Å². The second-order valence-corrected chi connectivity index (χ2v) is 4.69. The number of methoxy groups -OCH3 is 1. The molecule has 0 fully saturated rings. The van der Waals surface area contributed by atoms with Gasteiger partial charge in [0, 0.05) is 13.1 Å². The number of hydrogen-bond acceptors (Lipinski definition) is 6. The Balaban J connectivity index is 1.93. The van der Waals surface area contributed by atoms with Crippen LogP contribution in [0.25, 0.3) is 5.69 Å². The second-order valence-electron chi connectivity index (χ2n) is 4.69. The Hall–Kier alpha value is -3.29. The Labute approximate surface area is 132 Å². The number of aromatic nitrogens is 5. The highest BCUT2D eigenvalue weighted by Gasteiger charge is 2.18. The van der Waals surface area contributed by atoms with Gasteiger partial charge >= 0.3 is 0 Å². The van der Waals surface area contributed by atoms with Crippen LogP contribution in [0.1, 0.15) is 10.4 Å². The molecule has 2 heterocycles. The molecule has 8 heteroatoms. The van der Waals surface area contributed by atoms with Gasteiger partial charge in [0.15, 0.2) is 0 Å². The van der Waals surface area contributed by atoms with Crippen LogP contribution in [-0.4, -0.2) is 45.3 Å². The maximum atomic E-state index is 12.8. The Morgan fingerprint density at radius 1 is 1.22 bits per heavy atom. The first-order chi connectivity index (χ1) is 11.2. The molecule has 116 valence electrons. The molecule has 0 N–H and O–H groups in total. The summed E-state index contributed by atoms with van der Waals surface area (Å²) in [4.78, 5) is 18.4. The number of ether oxygens (including phenoxy) is 1. The average molecular weight is 310 g/mol. The van der Waals surface area contributed by atoms with Crippen molar-refractivity contribution in [1.82, 2.24) is 25.2 Å². The molecule has 3 aromatic rings. The summed E-state index contributed by atoms with van der Waals surface area (Å²) in [5.74, 6) is 0.298. The highest BCUT2D eigenvalue weighted by Crippen LogP contribution is 2.20. The summed E-state index contributed by atoms with van der Waals surface area (Å²) < 4.78 is 6.47. The minimum Gasteiger partial charge on any atom is -0.481 e. The van der Waals surface area contributed by atoms with Gasteiger partial charge in [0.1, 0.15) is 6.33 Å². The van der Waals surface area contributed by atoms with Crippen LogP contribution >= 0.6 is 0 Å². The molecule has 0 atom stereocenters. The van der Waals surface area contributed by atoms with E-state index in [1.807, 2.05) is 6.07 Å². The summed E-state index contributed by atoms with van der Waals surface area (Å²) in [6, 6.07) is 10.6. The fourth-order valence-corrected chi connectivity index (χ4v) is 2.12. The third kappa shape index (κ3) is 2.86. The van der Waals surface area contributed by atoms with E-state index >= 15 is 0 Å². The lowest BCUT2D eigenvalue weighted by atomic mass is 10.1. The van der Waals surface area contributed by atoms with Gasteiger partial charge in [-0.1, -0.05) is 12.1 Å².